The van der Waals surface area contributed by atoms with E-state index in [-0.39, 0.29) is 5.97 Å². The van der Waals surface area contributed by atoms with Crippen LogP contribution in [0.15, 0.2) is 24.4 Å². The van der Waals surface area contributed by atoms with Gasteiger partial charge in [0, 0.05) is 18.0 Å². The van der Waals surface area contributed by atoms with E-state index in [9.17, 15) is 4.79 Å². The number of esters is 1. The van der Waals surface area contributed by atoms with Gasteiger partial charge in [0.2, 0.25) is 0 Å². The maximum absolute atomic E-state index is 11.2. The Hall–Kier alpha value is -1.64. The van der Waals surface area contributed by atoms with Crippen molar-refractivity contribution in [3.8, 4) is 0 Å². The topological polar surface area (TPSA) is 39.2 Å². The van der Waals surface area contributed by atoms with Crippen molar-refractivity contribution in [1.82, 2.24) is 4.98 Å². The van der Waals surface area contributed by atoms with Crippen molar-refractivity contribution >= 4 is 12.0 Å². The van der Waals surface area contributed by atoms with E-state index in [1.807, 2.05) is 19.1 Å². The van der Waals surface area contributed by atoms with Gasteiger partial charge in [-0.25, -0.2) is 4.79 Å². The molecule has 0 amide bonds. The van der Waals surface area contributed by atoms with E-state index < -0.39 is 0 Å². The fourth-order valence-electron chi connectivity index (χ4n) is 1.11. The Labute approximate surface area is 96.2 Å². The molecule has 0 unspecified atom stereocenters. The van der Waals surface area contributed by atoms with Gasteiger partial charge in [0.1, 0.15) is 0 Å². The molecule has 0 aliphatic carbocycles. The van der Waals surface area contributed by atoms with Gasteiger partial charge in [0.25, 0.3) is 0 Å². The number of aromatic nitrogens is 1. The summed E-state index contributed by atoms with van der Waals surface area (Å²) in [4.78, 5) is 15.4. The number of hydrogen-bond donors (Lipinski definition) is 0. The molecular formula is C13H17NO2. The molecule has 1 aromatic rings. The second kappa shape index (κ2) is 6.77. The predicted molar refractivity (Wildman–Crippen MR) is 63.9 cm³/mol. The molecule has 0 spiro atoms. The highest BCUT2D eigenvalue weighted by Gasteiger charge is 1.95. The van der Waals surface area contributed by atoms with Gasteiger partial charge >= 0.3 is 5.97 Å². The van der Waals surface area contributed by atoms with Crippen LogP contribution in [0.2, 0.25) is 0 Å². The fourth-order valence-corrected chi connectivity index (χ4v) is 1.11. The normalized spacial score (nSPS) is 10.6. The molecule has 0 saturated heterocycles. The van der Waals surface area contributed by atoms with Crippen molar-refractivity contribution in [2.45, 2.75) is 26.7 Å². The van der Waals surface area contributed by atoms with Crippen LogP contribution < -0.4 is 0 Å². The SMILES string of the molecule is CCCCOC(=O)C=Cc1ccc(C)nc1. The van der Waals surface area contributed by atoms with Crippen LogP contribution in [0.5, 0.6) is 0 Å². The van der Waals surface area contributed by atoms with Gasteiger partial charge in [-0.2, -0.15) is 0 Å². The molecule has 1 rings (SSSR count). The molecule has 0 saturated carbocycles. The monoisotopic (exact) mass is 219 g/mol. The number of nitrogens with zero attached hydrogens (tertiary/aromatic N) is 1. The zero-order valence-electron chi connectivity index (χ0n) is 9.77. The van der Waals surface area contributed by atoms with Gasteiger partial charge in [-0.15, -0.1) is 0 Å². The van der Waals surface area contributed by atoms with Crippen LogP contribution in [0.25, 0.3) is 6.08 Å². The molecule has 0 bridgehead atoms. The van der Waals surface area contributed by atoms with E-state index in [0.29, 0.717) is 6.61 Å². The first-order chi connectivity index (χ1) is 7.72. The highest BCUT2D eigenvalue weighted by atomic mass is 16.5. The summed E-state index contributed by atoms with van der Waals surface area (Å²) in [5, 5.41) is 0. The first kappa shape index (κ1) is 12.4. The van der Waals surface area contributed by atoms with Gasteiger partial charge < -0.3 is 4.74 Å². The number of carbonyl (C=O) groups is 1. The molecule has 0 N–H and O–H groups in total. The molecular weight excluding hydrogens is 202 g/mol. The number of carbonyl (C=O) groups excluding carboxylic acids is 1. The second-order valence-corrected chi connectivity index (χ2v) is 3.59. The molecule has 1 heterocycles. The minimum absolute atomic E-state index is 0.297. The summed E-state index contributed by atoms with van der Waals surface area (Å²) in [5.74, 6) is -0.297. The second-order valence-electron chi connectivity index (χ2n) is 3.59. The summed E-state index contributed by atoms with van der Waals surface area (Å²) in [6, 6.07) is 3.82. The Bertz CT molecular complexity index is 355. The average molecular weight is 219 g/mol. The molecule has 0 fully saturated rings. The van der Waals surface area contributed by atoms with Crippen LogP contribution in [-0.4, -0.2) is 17.6 Å². The van der Waals surface area contributed by atoms with Crippen molar-refractivity contribution in [1.29, 1.82) is 0 Å². The van der Waals surface area contributed by atoms with E-state index in [1.165, 1.54) is 6.08 Å². The highest BCUT2D eigenvalue weighted by molar-refractivity contribution is 5.86. The number of unbranched alkanes of at least 4 members (excludes halogenated alkanes) is 1. The molecule has 0 radical (unpaired) electrons. The molecule has 0 aliphatic rings. The molecule has 3 nitrogen and oxygen atoms in total. The van der Waals surface area contributed by atoms with Crippen LogP contribution >= 0.6 is 0 Å². The lowest BCUT2D eigenvalue weighted by molar-refractivity contribution is -0.137. The minimum Gasteiger partial charge on any atom is -0.463 e. The summed E-state index contributed by atoms with van der Waals surface area (Å²) in [6.45, 7) is 4.47. The van der Waals surface area contributed by atoms with Crippen LogP contribution in [-0.2, 0) is 9.53 Å². The van der Waals surface area contributed by atoms with Crippen LogP contribution in [0.1, 0.15) is 31.0 Å². The van der Waals surface area contributed by atoms with E-state index in [0.717, 1.165) is 24.1 Å². The molecule has 0 atom stereocenters. The van der Waals surface area contributed by atoms with Gasteiger partial charge in [-0.3, -0.25) is 4.98 Å². The lowest BCUT2D eigenvalue weighted by atomic mass is 10.2. The smallest absolute Gasteiger partial charge is 0.330 e. The number of hydrogen-bond acceptors (Lipinski definition) is 3. The Morgan fingerprint density at radius 1 is 1.50 bits per heavy atom. The maximum Gasteiger partial charge on any atom is 0.330 e. The molecule has 0 aromatic carbocycles. The summed E-state index contributed by atoms with van der Waals surface area (Å²) in [7, 11) is 0. The van der Waals surface area contributed by atoms with Crippen LogP contribution in [0.3, 0.4) is 0 Å². The van der Waals surface area contributed by atoms with Crippen molar-refractivity contribution < 1.29 is 9.53 Å². The summed E-state index contributed by atoms with van der Waals surface area (Å²) < 4.78 is 4.98. The van der Waals surface area contributed by atoms with E-state index in [2.05, 4.69) is 11.9 Å². The zero-order valence-corrected chi connectivity index (χ0v) is 9.77. The van der Waals surface area contributed by atoms with Crippen molar-refractivity contribution in [3.05, 3.63) is 35.7 Å². The van der Waals surface area contributed by atoms with Gasteiger partial charge in [0.05, 0.1) is 6.61 Å². The Morgan fingerprint density at radius 2 is 2.31 bits per heavy atom. The van der Waals surface area contributed by atoms with Crippen molar-refractivity contribution in [2.24, 2.45) is 0 Å². The van der Waals surface area contributed by atoms with Crippen LogP contribution in [0.4, 0.5) is 0 Å². The first-order valence-electron chi connectivity index (χ1n) is 5.50. The Morgan fingerprint density at radius 3 is 2.94 bits per heavy atom. The lowest BCUT2D eigenvalue weighted by Crippen LogP contribution is -2.01. The summed E-state index contributed by atoms with van der Waals surface area (Å²) >= 11 is 0. The Kier molecular flexibility index (Phi) is 5.26. The summed E-state index contributed by atoms with van der Waals surface area (Å²) in [6.07, 6.45) is 6.80. The summed E-state index contributed by atoms with van der Waals surface area (Å²) in [5.41, 5.74) is 1.86. The lowest BCUT2D eigenvalue weighted by Gasteiger charge is -1.99. The third kappa shape index (κ3) is 4.73. The van der Waals surface area contributed by atoms with Crippen molar-refractivity contribution in [3.63, 3.8) is 0 Å². The van der Waals surface area contributed by atoms with Crippen molar-refractivity contribution in [2.75, 3.05) is 6.61 Å². The fraction of sp³-hybridized carbons (Fsp3) is 0.385. The highest BCUT2D eigenvalue weighted by Crippen LogP contribution is 2.02. The number of ether oxygens (including phenoxy) is 1. The molecule has 16 heavy (non-hydrogen) atoms. The Balaban J connectivity index is 2.41. The third-order valence-corrected chi connectivity index (χ3v) is 2.09. The predicted octanol–water partition coefficient (Wildman–Crippen LogP) is 2.75. The van der Waals surface area contributed by atoms with E-state index in [1.54, 1.807) is 12.3 Å². The average Bonchev–Trinajstić information content (AvgIpc) is 2.29. The molecule has 0 aliphatic heterocycles. The largest absolute Gasteiger partial charge is 0.463 e. The standard InChI is InChI=1S/C13H17NO2/c1-3-4-9-16-13(15)8-7-12-6-5-11(2)14-10-12/h5-8,10H,3-4,9H2,1-2H3. The van der Waals surface area contributed by atoms with E-state index >= 15 is 0 Å². The molecule has 1 aromatic heterocycles. The van der Waals surface area contributed by atoms with Crippen LogP contribution in [0, 0.1) is 6.92 Å². The van der Waals surface area contributed by atoms with Gasteiger partial charge in [0.15, 0.2) is 0 Å². The maximum atomic E-state index is 11.2. The number of aryl methyl sites for hydroxylation is 1. The third-order valence-electron chi connectivity index (χ3n) is 2.09. The number of pyridine rings is 1. The minimum atomic E-state index is -0.297. The first-order valence-corrected chi connectivity index (χ1v) is 5.50. The zero-order chi connectivity index (χ0) is 11.8. The molecule has 86 valence electrons. The quantitative estimate of drug-likeness (QED) is 0.434. The van der Waals surface area contributed by atoms with Gasteiger partial charge in [-0.05, 0) is 31.1 Å². The number of rotatable bonds is 5. The van der Waals surface area contributed by atoms with Gasteiger partial charge in [-0.1, -0.05) is 19.4 Å². The van der Waals surface area contributed by atoms with E-state index in [4.69, 9.17) is 4.74 Å². The molecule has 3 heteroatoms.